The summed E-state index contributed by atoms with van der Waals surface area (Å²) in [6.45, 7) is 1.57. The first-order valence-corrected chi connectivity index (χ1v) is 4.99. The second-order valence-electron chi connectivity index (χ2n) is 3.91. The highest BCUT2D eigenvalue weighted by atomic mass is 16.6. The van der Waals surface area contributed by atoms with E-state index in [2.05, 4.69) is 10.4 Å². The zero-order valence-corrected chi connectivity index (χ0v) is 9.06. The molecule has 0 aromatic carbocycles. The van der Waals surface area contributed by atoms with E-state index in [4.69, 9.17) is 0 Å². The van der Waals surface area contributed by atoms with Crippen LogP contribution in [0.25, 0.3) is 0 Å². The summed E-state index contributed by atoms with van der Waals surface area (Å²) in [7, 11) is 1.58. The molecule has 2 rings (SSSR count). The van der Waals surface area contributed by atoms with E-state index in [1.54, 1.807) is 14.0 Å². The number of nitrogens with one attached hydrogen (secondary N) is 1. The number of aromatic nitrogens is 2. The average Bonchev–Trinajstić information content (AvgIpc) is 2.94. The van der Waals surface area contributed by atoms with E-state index in [1.165, 1.54) is 4.68 Å². The minimum atomic E-state index is -0.565. The van der Waals surface area contributed by atoms with Gasteiger partial charge in [-0.25, -0.2) is 0 Å². The summed E-state index contributed by atoms with van der Waals surface area (Å²) < 4.78 is 1.35. The number of nitro groups is 1. The molecule has 1 aromatic heterocycles. The molecular weight excluding hydrogens is 212 g/mol. The van der Waals surface area contributed by atoms with Crippen molar-refractivity contribution in [2.24, 2.45) is 7.05 Å². The fourth-order valence-corrected chi connectivity index (χ4v) is 1.45. The fourth-order valence-electron chi connectivity index (χ4n) is 1.45. The summed E-state index contributed by atoms with van der Waals surface area (Å²) >= 11 is 0. The zero-order valence-electron chi connectivity index (χ0n) is 9.06. The molecule has 1 aromatic rings. The Labute approximate surface area is 91.6 Å². The zero-order chi connectivity index (χ0) is 11.9. The number of rotatable bonds is 3. The predicted molar refractivity (Wildman–Crippen MR) is 55.1 cm³/mol. The van der Waals surface area contributed by atoms with Gasteiger partial charge in [0.1, 0.15) is 5.69 Å². The van der Waals surface area contributed by atoms with Gasteiger partial charge in [-0.05, 0) is 19.8 Å². The van der Waals surface area contributed by atoms with Gasteiger partial charge in [-0.3, -0.25) is 19.6 Å². The van der Waals surface area contributed by atoms with E-state index in [0.29, 0.717) is 5.69 Å². The average molecular weight is 224 g/mol. The summed E-state index contributed by atoms with van der Waals surface area (Å²) in [5.74, 6) is -0.460. The van der Waals surface area contributed by atoms with Gasteiger partial charge in [-0.1, -0.05) is 0 Å². The van der Waals surface area contributed by atoms with Crippen LogP contribution >= 0.6 is 0 Å². The normalized spacial score (nSPS) is 14.9. The Morgan fingerprint density at radius 2 is 2.25 bits per heavy atom. The van der Waals surface area contributed by atoms with Crippen LogP contribution < -0.4 is 5.32 Å². The summed E-state index contributed by atoms with van der Waals surface area (Å²) in [5, 5.41) is 17.4. The van der Waals surface area contributed by atoms with Crippen molar-refractivity contribution in [3.8, 4) is 0 Å². The molecule has 1 fully saturated rings. The Morgan fingerprint density at radius 1 is 1.62 bits per heavy atom. The molecule has 0 aliphatic heterocycles. The van der Waals surface area contributed by atoms with Crippen molar-refractivity contribution in [2.75, 3.05) is 0 Å². The van der Waals surface area contributed by atoms with Crippen molar-refractivity contribution in [1.29, 1.82) is 0 Å². The van der Waals surface area contributed by atoms with Gasteiger partial charge in [0.15, 0.2) is 0 Å². The van der Waals surface area contributed by atoms with Crippen LogP contribution in [-0.2, 0) is 7.05 Å². The second-order valence-corrected chi connectivity index (χ2v) is 3.91. The van der Waals surface area contributed by atoms with Crippen LogP contribution in [0.4, 0.5) is 5.69 Å². The molecule has 0 atom stereocenters. The maximum absolute atomic E-state index is 11.7. The Hall–Kier alpha value is -1.92. The molecule has 0 unspecified atom stereocenters. The van der Waals surface area contributed by atoms with Crippen molar-refractivity contribution in [1.82, 2.24) is 15.1 Å². The molecule has 16 heavy (non-hydrogen) atoms. The Balaban J connectivity index is 2.34. The van der Waals surface area contributed by atoms with E-state index >= 15 is 0 Å². The highest BCUT2D eigenvalue weighted by molar-refractivity contribution is 5.96. The molecule has 7 heteroatoms. The fraction of sp³-hybridized carbons (Fsp3) is 0.556. The highest BCUT2D eigenvalue weighted by Crippen LogP contribution is 2.24. The third-order valence-electron chi connectivity index (χ3n) is 2.61. The van der Waals surface area contributed by atoms with Crippen molar-refractivity contribution >= 4 is 11.6 Å². The predicted octanol–water partition coefficient (Wildman–Crippen LogP) is 0.529. The minimum absolute atomic E-state index is 0.100. The van der Waals surface area contributed by atoms with Crippen LogP contribution in [0, 0.1) is 17.0 Å². The molecule has 86 valence electrons. The number of carbonyl (C=O) groups excluding carboxylic acids is 1. The topological polar surface area (TPSA) is 90.1 Å². The lowest BCUT2D eigenvalue weighted by atomic mass is 10.3. The Kier molecular flexibility index (Phi) is 2.37. The first-order valence-electron chi connectivity index (χ1n) is 4.99. The van der Waals surface area contributed by atoms with E-state index in [-0.39, 0.29) is 17.4 Å². The maximum atomic E-state index is 11.7. The van der Waals surface area contributed by atoms with E-state index in [1.807, 2.05) is 0 Å². The molecule has 0 spiro atoms. The molecule has 1 saturated carbocycles. The van der Waals surface area contributed by atoms with Gasteiger partial charge in [0.2, 0.25) is 5.69 Å². The van der Waals surface area contributed by atoms with Gasteiger partial charge in [0.25, 0.3) is 5.91 Å². The molecule has 1 N–H and O–H groups in total. The SMILES string of the molecule is Cc1c([N+](=O)[O-])c(C(=O)NC2CC2)nn1C. The quantitative estimate of drug-likeness (QED) is 0.599. The third-order valence-corrected chi connectivity index (χ3v) is 2.61. The lowest BCUT2D eigenvalue weighted by molar-refractivity contribution is -0.385. The number of hydrogen-bond acceptors (Lipinski definition) is 4. The van der Waals surface area contributed by atoms with Gasteiger partial charge in [0, 0.05) is 13.1 Å². The molecule has 1 heterocycles. The van der Waals surface area contributed by atoms with Crippen LogP contribution in [0.2, 0.25) is 0 Å². The molecule has 0 saturated heterocycles. The van der Waals surface area contributed by atoms with Gasteiger partial charge in [-0.2, -0.15) is 5.10 Å². The van der Waals surface area contributed by atoms with Gasteiger partial charge in [0.05, 0.1) is 4.92 Å². The third kappa shape index (κ3) is 1.75. The largest absolute Gasteiger partial charge is 0.348 e. The number of carbonyl (C=O) groups is 1. The van der Waals surface area contributed by atoms with Crippen molar-refractivity contribution < 1.29 is 9.72 Å². The first kappa shape index (κ1) is 10.6. The highest BCUT2D eigenvalue weighted by Gasteiger charge is 2.32. The number of amides is 1. The Bertz CT molecular complexity index is 462. The molecule has 1 aliphatic rings. The standard InChI is InChI=1S/C9H12N4O3/c1-5-8(13(15)16)7(11-12(5)2)9(14)10-6-3-4-6/h6H,3-4H2,1-2H3,(H,10,14). The maximum Gasteiger partial charge on any atom is 0.322 e. The van der Waals surface area contributed by atoms with Crippen LogP contribution in [0.15, 0.2) is 0 Å². The lowest BCUT2D eigenvalue weighted by Gasteiger charge is -1.98. The van der Waals surface area contributed by atoms with Gasteiger partial charge < -0.3 is 5.32 Å². The first-order chi connectivity index (χ1) is 7.50. The van der Waals surface area contributed by atoms with Crippen molar-refractivity contribution in [2.45, 2.75) is 25.8 Å². The van der Waals surface area contributed by atoms with E-state index in [9.17, 15) is 14.9 Å². The lowest BCUT2D eigenvalue weighted by Crippen LogP contribution is -2.26. The van der Waals surface area contributed by atoms with Crippen LogP contribution in [0.3, 0.4) is 0 Å². The molecule has 0 bridgehead atoms. The molecule has 1 aliphatic carbocycles. The molecular formula is C9H12N4O3. The molecule has 0 radical (unpaired) electrons. The van der Waals surface area contributed by atoms with Gasteiger partial charge in [-0.15, -0.1) is 0 Å². The van der Waals surface area contributed by atoms with Crippen molar-refractivity contribution in [3.05, 3.63) is 21.5 Å². The van der Waals surface area contributed by atoms with Crippen LogP contribution in [0.5, 0.6) is 0 Å². The Morgan fingerprint density at radius 3 is 2.75 bits per heavy atom. The molecule has 7 nitrogen and oxygen atoms in total. The monoisotopic (exact) mass is 224 g/mol. The molecule has 1 amide bonds. The second kappa shape index (κ2) is 3.58. The van der Waals surface area contributed by atoms with Crippen molar-refractivity contribution in [3.63, 3.8) is 0 Å². The minimum Gasteiger partial charge on any atom is -0.348 e. The van der Waals surface area contributed by atoms with E-state index < -0.39 is 10.8 Å². The van der Waals surface area contributed by atoms with Gasteiger partial charge >= 0.3 is 5.69 Å². The van der Waals surface area contributed by atoms with E-state index in [0.717, 1.165) is 12.8 Å². The summed E-state index contributed by atoms with van der Waals surface area (Å²) in [4.78, 5) is 22.0. The summed E-state index contributed by atoms with van der Waals surface area (Å²) in [6.07, 6.45) is 1.87. The summed E-state index contributed by atoms with van der Waals surface area (Å²) in [5.41, 5.74) is 0.0727. The van der Waals surface area contributed by atoms with Crippen LogP contribution in [0.1, 0.15) is 29.0 Å². The number of nitrogens with zero attached hydrogens (tertiary/aromatic N) is 3. The van der Waals surface area contributed by atoms with Crippen LogP contribution in [-0.4, -0.2) is 26.7 Å². The number of hydrogen-bond donors (Lipinski definition) is 1. The number of aryl methyl sites for hydroxylation is 1. The smallest absolute Gasteiger partial charge is 0.322 e. The summed E-state index contributed by atoms with van der Waals surface area (Å²) in [6, 6.07) is 0.161.